The van der Waals surface area contributed by atoms with Gasteiger partial charge in [0, 0.05) is 6.54 Å². The van der Waals surface area contributed by atoms with Crippen LogP contribution in [0.4, 0.5) is 5.82 Å². The Morgan fingerprint density at radius 1 is 1.21 bits per heavy atom. The summed E-state index contributed by atoms with van der Waals surface area (Å²) >= 11 is 0. The van der Waals surface area contributed by atoms with Crippen molar-refractivity contribution < 1.29 is 20.1 Å². The number of imidazole rings is 1. The molecule has 2 unspecified atom stereocenters. The van der Waals surface area contributed by atoms with Crippen molar-refractivity contribution in [1.82, 2.24) is 19.5 Å². The maximum Gasteiger partial charge on any atom is 0.167 e. The highest BCUT2D eigenvalue weighted by Gasteiger charge is 2.48. The first-order chi connectivity index (χ1) is 18.6. The Hall–Kier alpha value is -2.33. The number of hydrogen-bond acceptors (Lipinski definition) is 8. The van der Waals surface area contributed by atoms with Crippen molar-refractivity contribution in [2.45, 2.75) is 97.7 Å². The van der Waals surface area contributed by atoms with Gasteiger partial charge in [-0.1, -0.05) is 57.4 Å². The summed E-state index contributed by atoms with van der Waals surface area (Å²) in [6.07, 6.45) is 11.0. The average Bonchev–Trinajstić information content (AvgIpc) is 3.46. The second-order valence-electron chi connectivity index (χ2n) is 12.8. The van der Waals surface area contributed by atoms with Crippen molar-refractivity contribution in [3.63, 3.8) is 0 Å². The van der Waals surface area contributed by atoms with Crippen molar-refractivity contribution in [2.24, 2.45) is 22.7 Å². The van der Waals surface area contributed by atoms with Crippen molar-refractivity contribution in [3.05, 3.63) is 36.0 Å². The number of ether oxygens (including phenoxy) is 1. The number of fused-ring (bicyclic) bond motifs is 2. The van der Waals surface area contributed by atoms with Gasteiger partial charge in [-0.25, -0.2) is 15.0 Å². The third-order valence-electron chi connectivity index (χ3n) is 9.99. The quantitative estimate of drug-likeness (QED) is 0.364. The molecular formula is C30H45N5O4. The number of anilines is 1. The molecule has 0 bridgehead atoms. The molecule has 4 N–H and O–H groups in total. The predicted octanol–water partition coefficient (Wildman–Crippen LogP) is 4.38. The van der Waals surface area contributed by atoms with Crippen LogP contribution in [0.25, 0.3) is 11.2 Å². The normalized spacial score (nSPS) is 34.7. The molecule has 214 valence electrons. The lowest BCUT2D eigenvalue weighted by atomic mass is 9.52. The third kappa shape index (κ3) is 5.14. The molecule has 2 aliphatic carbocycles. The molecule has 0 spiro atoms. The SMILES string of the molecule is C/C(=C\CNc1ncnc2c1ncn2[C@@H]1O[C@H](CO)C(O)[C@@H]1O)CCC1(C)[C@@H]2CCCC(C)(C)C2=CC[C@@H]1C. The fourth-order valence-corrected chi connectivity index (χ4v) is 7.13. The third-order valence-corrected chi connectivity index (χ3v) is 9.99. The summed E-state index contributed by atoms with van der Waals surface area (Å²) in [5, 5.41) is 33.3. The van der Waals surface area contributed by atoms with Gasteiger partial charge < -0.3 is 25.4 Å². The minimum Gasteiger partial charge on any atom is -0.394 e. The van der Waals surface area contributed by atoms with Gasteiger partial charge in [-0.05, 0) is 61.7 Å². The molecule has 2 fully saturated rings. The molecule has 3 heterocycles. The summed E-state index contributed by atoms with van der Waals surface area (Å²) in [5.74, 6) is 1.98. The molecule has 3 aliphatic rings. The van der Waals surface area contributed by atoms with E-state index in [1.165, 1.54) is 50.3 Å². The van der Waals surface area contributed by atoms with Crippen LogP contribution in [0.15, 0.2) is 36.0 Å². The molecule has 0 radical (unpaired) electrons. The van der Waals surface area contributed by atoms with Gasteiger partial charge in [0.25, 0.3) is 0 Å². The molecule has 2 aromatic heterocycles. The van der Waals surface area contributed by atoms with E-state index in [9.17, 15) is 15.3 Å². The van der Waals surface area contributed by atoms with E-state index in [1.807, 2.05) is 0 Å². The summed E-state index contributed by atoms with van der Waals surface area (Å²) in [4.78, 5) is 13.2. The topological polar surface area (TPSA) is 126 Å². The largest absolute Gasteiger partial charge is 0.394 e. The van der Waals surface area contributed by atoms with Crippen LogP contribution in [-0.4, -0.2) is 66.3 Å². The Labute approximate surface area is 231 Å². The van der Waals surface area contributed by atoms with Crippen LogP contribution >= 0.6 is 0 Å². The Kier molecular flexibility index (Phi) is 7.90. The van der Waals surface area contributed by atoms with Gasteiger partial charge in [0.1, 0.15) is 24.6 Å². The Morgan fingerprint density at radius 2 is 2.00 bits per heavy atom. The lowest BCUT2D eigenvalue weighted by Gasteiger charge is -2.53. The van der Waals surface area contributed by atoms with Gasteiger partial charge in [-0.3, -0.25) is 4.57 Å². The van der Waals surface area contributed by atoms with E-state index in [0.29, 0.717) is 46.2 Å². The second kappa shape index (κ2) is 10.9. The minimum absolute atomic E-state index is 0.325. The van der Waals surface area contributed by atoms with E-state index in [4.69, 9.17) is 4.74 Å². The molecule has 9 nitrogen and oxygen atoms in total. The van der Waals surface area contributed by atoms with Crippen LogP contribution in [-0.2, 0) is 4.74 Å². The molecule has 9 heteroatoms. The van der Waals surface area contributed by atoms with E-state index < -0.39 is 24.5 Å². The smallest absolute Gasteiger partial charge is 0.167 e. The molecule has 0 amide bonds. The summed E-state index contributed by atoms with van der Waals surface area (Å²) in [5.41, 5.74) is 4.78. The molecule has 2 aromatic rings. The molecule has 7 atom stereocenters. The molecule has 5 rings (SSSR count). The number of rotatable bonds is 8. The number of hydrogen-bond donors (Lipinski definition) is 4. The number of allylic oxidation sites excluding steroid dienone is 3. The standard InChI is InChI=1S/C30H45N5O4/c1-18(10-13-30(5)19(2)8-9-20-21(30)7-6-12-29(20,3)4)11-14-31-26-23-27(33-16-32-26)35(17-34-23)28-25(38)24(37)22(15-36)39-28/h9,11,16-17,19,21-22,24-25,28,36-38H,6-8,10,12-15H2,1-5H3,(H,31,32,33)/b18-11+/t19-,21+,22+,24?,25-,28+,30?/m0/s1. The van der Waals surface area contributed by atoms with Gasteiger partial charge >= 0.3 is 0 Å². The van der Waals surface area contributed by atoms with Crippen molar-refractivity contribution in [2.75, 3.05) is 18.5 Å². The zero-order valence-corrected chi connectivity index (χ0v) is 24.0. The Morgan fingerprint density at radius 3 is 2.74 bits per heavy atom. The predicted molar refractivity (Wildman–Crippen MR) is 151 cm³/mol. The Bertz CT molecular complexity index is 1240. The maximum atomic E-state index is 10.4. The highest BCUT2D eigenvalue weighted by atomic mass is 16.6. The van der Waals surface area contributed by atoms with Crippen LogP contribution < -0.4 is 5.32 Å². The van der Waals surface area contributed by atoms with Crippen LogP contribution in [0.1, 0.15) is 79.4 Å². The molecule has 1 saturated carbocycles. The number of aromatic nitrogens is 4. The number of nitrogens with one attached hydrogen (secondary N) is 1. The van der Waals surface area contributed by atoms with Crippen LogP contribution in [0.5, 0.6) is 0 Å². The lowest BCUT2D eigenvalue weighted by molar-refractivity contribution is -0.0511. The van der Waals surface area contributed by atoms with Crippen molar-refractivity contribution in [1.29, 1.82) is 0 Å². The summed E-state index contributed by atoms with van der Waals surface area (Å²) in [6.45, 7) is 12.3. The van der Waals surface area contributed by atoms with Gasteiger partial charge in [0.2, 0.25) is 0 Å². The monoisotopic (exact) mass is 539 g/mol. The molecule has 1 saturated heterocycles. The van der Waals surface area contributed by atoms with Gasteiger partial charge in [0.05, 0.1) is 12.9 Å². The average molecular weight is 540 g/mol. The van der Waals surface area contributed by atoms with E-state index in [-0.39, 0.29) is 6.61 Å². The van der Waals surface area contributed by atoms with Crippen molar-refractivity contribution in [3.8, 4) is 0 Å². The zero-order chi connectivity index (χ0) is 27.9. The van der Waals surface area contributed by atoms with E-state index >= 15 is 0 Å². The lowest BCUT2D eigenvalue weighted by Crippen LogP contribution is -2.43. The summed E-state index contributed by atoms with van der Waals surface area (Å²) in [7, 11) is 0. The number of aliphatic hydroxyl groups is 3. The fourth-order valence-electron chi connectivity index (χ4n) is 7.13. The number of aliphatic hydroxyl groups excluding tert-OH is 3. The second-order valence-corrected chi connectivity index (χ2v) is 12.8. The molecule has 39 heavy (non-hydrogen) atoms. The first kappa shape index (κ1) is 28.2. The van der Waals surface area contributed by atoms with E-state index in [1.54, 1.807) is 10.1 Å². The first-order valence-electron chi connectivity index (χ1n) is 14.5. The first-order valence-corrected chi connectivity index (χ1v) is 14.5. The molecule has 0 aromatic carbocycles. The Balaban J connectivity index is 1.23. The van der Waals surface area contributed by atoms with E-state index in [2.05, 4.69) is 67.0 Å². The van der Waals surface area contributed by atoms with E-state index in [0.717, 1.165) is 6.42 Å². The van der Waals surface area contributed by atoms with Crippen LogP contribution in [0, 0.1) is 22.7 Å². The van der Waals surface area contributed by atoms with Gasteiger partial charge in [-0.2, -0.15) is 0 Å². The van der Waals surface area contributed by atoms with Gasteiger partial charge in [0.15, 0.2) is 23.2 Å². The zero-order valence-electron chi connectivity index (χ0n) is 24.0. The summed E-state index contributed by atoms with van der Waals surface area (Å²) in [6, 6.07) is 0. The van der Waals surface area contributed by atoms with Gasteiger partial charge in [-0.15, -0.1) is 0 Å². The summed E-state index contributed by atoms with van der Waals surface area (Å²) < 4.78 is 7.23. The molecular weight excluding hydrogens is 494 g/mol. The maximum absolute atomic E-state index is 10.4. The van der Waals surface area contributed by atoms with Crippen LogP contribution in [0.2, 0.25) is 0 Å². The van der Waals surface area contributed by atoms with Crippen LogP contribution in [0.3, 0.4) is 0 Å². The number of nitrogens with zero attached hydrogens (tertiary/aromatic N) is 4. The molecule has 1 aliphatic heterocycles. The highest BCUT2D eigenvalue weighted by Crippen LogP contribution is 2.58. The minimum atomic E-state index is -1.20. The highest BCUT2D eigenvalue weighted by molar-refractivity contribution is 5.82. The van der Waals surface area contributed by atoms with Crippen molar-refractivity contribution >= 4 is 17.0 Å². The fraction of sp³-hybridized carbons (Fsp3) is 0.700.